The van der Waals surface area contributed by atoms with Gasteiger partial charge < -0.3 is 15.4 Å². The number of carbonyl (C=O) groups excluding carboxylic acids is 1. The molecule has 1 fully saturated rings. The van der Waals surface area contributed by atoms with Crippen LogP contribution in [0.2, 0.25) is 0 Å². The third-order valence-electron chi connectivity index (χ3n) is 3.35. The van der Waals surface area contributed by atoms with E-state index in [9.17, 15) is 4.79 Å². The molecule has 104 valence electrons. The van der Waals surface area contributed by atoms with E-state index in [1.807, 2.05) is 25.1 Å². The summed E-state index contributed by atoms with van der Waals surface area (Å²) in [6.07, 6.45) is 2.83. The van der Waals surface area contributed by atoms with Crippen molar-refractivity contribution in [1.82, 2.24) is 10.6 Å². The normalized spacial score (nSPS) is 19.9. The Bertz CT molecular complexity index is 388. The van der Waals surface area contributed by atoms with Crippen LogP contribution < -0.4 is 10.6 Å². The SMILES string of the molecule is CC(CCc1ccccc1)NC(=O)NC1CCOC1. The van der Waals surface area contributed by atoms with Gasteiger partial charge in [0.25, 0.3) is 0 Å². The van der Waals surface area contributed by atoms with E-state index in [-0.39, 0.29) is 18.1 Å². The first kappa shape index (κ1) is 13.9. The van der Waals surface area contributed by atoms with E-state index in [0.717, 1.165) is 25.9 Å². The number of urea groups is 1. The fraction of sp³-hybridized carbons (Fsp3) is 0.533. The Balaban J connectivity index is 1.65. The Morgan fingerprint density at radius 1 is 1.42 bits per heavy atom. The summed E-state index contributed by atoms with van der Waals surface area (Å²) >= 11 is 0. The van der Waals surface area contributed by atoms with Crippen LogP contribution in [0.25, 0.3) is 0 Å². The molecule has 1 aliphatic heterocycles. The maximum absolute atomic E-state index is 11.7. The Kier molecular flexibility index (Phi) is 5.21. The molecule has 2 unspecified atom stereocenters. The minimum Gasteiger partial charge on any atom is -0.379 e. The minimum absolute atomic E-state index is 0.0870. The number of hydrogen-bond donors (Lipinski definition) is 2. The van der Waals surface area contributed by atoms with Gasteiger partial charge in [-0.25, -0.2) is 4.79 Å². The maximum atomic E-state index is 11.7. The van der Waals surface area contributed by atoms with Gasteiger partial charge in [-0.15, -0.1) is 0 Å². The zero-order chi connectivity index (χ0) is 13.5. The van der Waals surface area contributed by atoms with Crippen molar-refractivity contribution >= 4 is 6.03 Å². The Hall–Kier alpha value is -1.55. The van der Waals surface area contributed by atoms with Gasteiger partial charge in [0.2, 0.25) is 0 Å². The number of benzene rings is 1. The van der Waals surface area contributed by atoms with Crippen molar-refractivity contribution in [1.29, 1.82) is 0 Å². The fourth-order valence-corrected chi connectivity index (χ4v) is 2.20. The predicted octanol–water partition coefficient (Wildman–Crippen LogP) is 2.10. The standard InChI is InChI=1S/C15H22N2O2/c1-12(7-8-13-5-3-2-4-6-13)16-15(18)17-14-9-10-19-11-14/h2-6,12,14H,7-11H2,1H3,(H2,16,17,18). The number of aryl methyl sites for hydroxylation is 1. The van der Waals surface area contributed by atoms with Gasteiger partial charge in [-0.1, -0.05) is 30.3 Å². The lowest BCUT2D eigenvalue weighted by atomic mass is 10.1. The van der Waals surface area contributed by atoms with Crippen LogP contribution in [0.1, 0.15) is 25.3 Å². The van der Waals surface area contributed by atoms with Crippen LogP contribution in [0, 0.1) is 0 Å². The molecule has 0 aromatic heterocycles. The molecule has 1 saturated heterocycles. The predicted molar refractivity (Wildman–Crippen MR) is 75.1 cm³/mol. The van der Waals surface area contributed by atoms with Crippen molar-refractivity contribution in [3.05, 3.63) is 35.9 Å². The molecule has 0 radical (unpaired) electrons. The van der Waals surface area contributed by atoms with Crippen molar-refractivity contribution in [2.75, 3.05) is 13.2 Å². The summed E-state index contributed by atoms with van der Waals surface area (Å²) in [5.41, 5.74) is 1.31. The van der Waals surface area contributed by atoms with Gasteiger partial charge in [-0.3, -0.25) is 0 Å². The highest BCUT2D eigenvalue weighted by Gasteiger charge is 2.18. The number of carbonyl (C=O) groups is 1. The zero-order valence-electron chi connectivity index (χ0n) is 11.4. The van der Waals surface area contributed by atoms with Gasteiger partial charge in [0.05, 0.1) is 12.6 Å². The average molecular weight is 262 g/mol. The van der Waals surface area contributed by atoms with Gasteiger partial charge in [-0.05, 0) is 31.7 Å². The third kappa shape index (κ3) is 4.91. The first-order valence-electron chi connectivity index (χ1n) is 6.93. The number of ether oxygens (including phenoxy) is 1. The second-order valence-corrected chi connectivity index (χ2v) is 5.10. The van der Waals surface area contributed by atoms with Crippen molar-refractivity contribution in [3.63, 3.8) is 0 Å². The summed E-state index contributed by atoms with van der Waals surface area (Å²) in [6, 6.07) is 10.6. The molecule has 1 aliphatic rings. The molecule has 2 rings (SSSR count). The number of nitrogens with one attached hydrogen (secondary N) is 2. The smallest absolute Gasteiger partial charge is 0.315 e. The molecule has 2 atom stereocenters. The summed E-state index contributed by atoms with van der Waals surface area (Å²) in [6.45, 7) is 3.41. The first-order chi connectivity index (χ1) is 9.24. The van der Waals surface area contributed by atoms with E-state index in [1.165, 1.54) is 5.56 Å². The highest BCUT2D eigenvalue weighted by molar-refractivity contribution is 5.74. The zero-order valence-corrected chi connectivity index (χ0v) is 11.4. The molecule has 0 spiro atoms. The van der Waals surface area contributed by atoms with Crippen molar-refractivity contribution < 1.29 is 9.53 Å². The van der Waals surface area contributed by atoms with Crippen LogP contribution in [0.4, 0.5) is 4.79 Å². The van der Waals surface area contributed by atoms with Crippen molar-refractivity contribution in [2.24, 2.45) is 0 Å². The van der Waals surface area contributed by atoms with Crippen LogP contribution >= 0.6 is 0 Å². The van der Waals surface area contributed by atoms with Crippen LogP contribution in [0.15, 0.2) is 30.3 Å². The van der Waals surface area contributed by atoms with Crippen molar-refractivity contribution in [2.45, 2.75) is 38.3 Å². The number of hydrogen-bond acceptors (Lipinski definition) is 2. The molecule has 2 amide bonds. The Labute approximate surface area is 114 Å². The molecule has 0 saturated carbocycles. The van der Waals surface area contributed by atoms with Crippen molar-refractivity contribution in [3.8, 4) is 0 Å². The number of amides is 2. The summed E-state index contributed by atoms with van der Waals surface area (Å²) in [5.74, 6) is 0. The van der Waals surface area contributed by atoms with Gasteiger partial charge >= 0.3 is 6.03 Å². The average Bonchev–Trinajstić information content (AvgIpc) is 2.90. The molecule has 4 heteroatoms. The highest BCUT2D eigenvalue weighted by Crippen LogP contribution is 2.05. The first-order valence-corrected chi connectivity index (χ1v) is 6.93. The van der Waals surface area contributed by atoms with Crippen LogP contribution in [0.5, 0.6) is 0 Å². The molecule has 1 aromatic rings. The van der Waals surface area contributed by atoms with E-state index in [2.05, 4.69) is 22.8 Å². The summed E-state index contributed by atoms with van der Waals surface area (Å²) in [4.78, 5) is 11.7. The molecule has 2 N–H and O–H groups in total. The Morgan fingerprint density at radius 3 is 2.89 bits per heavy atom. The van der Waals surface area contributed by atoms with Gasteiger partial charge in [-0.2, -0.15) is 0 Å². The molecule has 0 bridgehead atoms. The molecule has 4 nitrogen and oxygen atoms in total. The molecular weight excluding hydrogens is 240 g/mol. The van der Waals surface area contributed by atoms with Crippen LogP contribution in [-0.2, 0) is 11.2 Å². The Morgan fingerprint density at radius 2 is 2.21 bits per heavy atom. The van der Waals surface area contributed by atoms with Gasteiger partial charge in [0, 0.05) is 12.6 Å². The van der Waals surface area contributed by atoms with Crippen LogP contribution in [-0.4, -0.2) is 31.3 Å². The molecule has 1 aromatic carbocycles. The molecule has 1 heterocycles. The van der Waals surface area contributed by atoms with Gasteiger partial charge in [0.1, 0.15) is 0 Å². The molecule has 0 aliphatic carbocycles. The summed E-state index contributed by atoms with van der Waals surface area (Å²) in [7, 11) is 0. The van der Waals surface area contributed by atoms with Crippen LogP contribution in [0.3, 0.4) is 0 Å². The largest absolute Gasteiger partial charge is 0.379 e. The quantitative estimate of drug-likeness (QED) is 0.853. The van der Waals surface area contributed by atoms with E-state index >= 15 is 0 Å². The molecule has 19 heavy (non-hydrogen) atoms. The monoisotopic (exact) mass is 262 g/mol. The summed E-state index contributed by atoms with van der Waals surface area (Å²) in [5, 5.41) is 5.90. The van der Waals surface area contributed by atoms with E-state index < -0.39 is 0 Å². The lowest BCUT2D eigenvalue weighted by Crippen LogP contribution is -2.45. The van der Waals surface area contributed by atoms with E-state index in [4.69, 9.17) is 4.74 Å². The summed E-state index contributed by atoms with van der Waals surface area (Å²) < 4.78 is 5.23. The van der Waals surface area contributed by atoms with Gasteiger partial charge in [0.15, 0.2) is 0 Å². The minimum atomic E-state index is -0.0870. The van der Waals surface area contributed by atoms with E-state index in [1.54, 1.807) is 0 Å². The maximum Gasteiger partial charge on any atom is 0.315 e. The highest BCUT2D eigenvalue weighted by atomic mass is 16.5. The lowest BCUT2D eigenvalue weighted by molar-refractivity contribution is 0.188. The van der Waals surface area contributed by atoms with E-state index in [0.29, 0.717) is 6.61 Å². The second kappa shape index (κ2) is 7.14. The molecular formula is C15H22N2O2. The fourth-order valence-electron chi connectivity index (χ4n) is 2.20. The topological polar surface area (TPSA) is 50.4 Å². The second-order valence-electron chi connectivity index (χ2n) is 5.10. The number of rotatable bonds is 5. The lowest BCUT2D eigenvalue weighted by Gasteiger charge is -2.17. The third-order valence-corrected chi connectivity index (χ3v) is 3.35.